The summed E-state index contributed by atoms with van der Waals surface area (Å²) in [7, 11) is 1.55. The highest BCUT2D eigenvalue weighted by Crippen LogP contribution is 2.37. The zero-order chi connectivity index (χ0) is 40.6. The highest BCUT2D eigenvalue weighted by atomic mass is 19.2. The van der Waals surface area contributed by atoms with Crippen molar-refractivity contribution in [2.45, 2.75) is 26.2 Å². The standard InChI is InChI=1S/C43H28F8O5/c1-21-32(44)34(46)30(35(47)33(21)45)40(52)22-5-13-27(14-6-22)55-28-15-7-23(8-16-28)41(53)31-36(48)38(50)42(39(51)37(31)49)56-29-19-11-25(12-20-29)43(2,3)24-9-17-26(54-4)18-10-24/h5-20H,1-4H3. The van der Waals surface area contributed by atoms with Crippen LogP contribution in [0.25, 0.3) is 0 Å². The van der Waals surface area contributed by atoms with Crippen LogP contribution in [0.1, 0.15) is 62.4 Å². The molecule has 286 valence electrons. The zero-order valence-electron chi connectivity index (χ0n) is 29.8. The van der Waals surface area contributed by atoms with Crippen molar-refractivity contribution in [3.63, 3.8) is 0 Å². The SMILES string of the molecule is COc1ccc(C(C)(C)c2ccc(Oc3c(F)c(F)c(C(=O)c4ccc(Oc5ccc(C(=O)c6c(F)c(F)c(C)c(F)c6F)cc5)cc4)c(F)c3F)cc2)cc1. The van der Waals surface area contributed by atoms with Crippen molar-refractivity contribution < 1.29 is 58.9 Å². The van der Waals surface area contributed by atoms with Crippen molar-refractivity contribution >= 4 is 11.6 Å². The lowest BCUT2D eigenvalue weighted by Crippen LogP contribution is -2.18. The van der Waals surface area contributed by atoms with Crippen LogP contribution in [0.4, 0.5) is 35.1 Å². The topological polar surface area (TPSA) is 61.8 Å². The molecule has 0 radical (unpaired) electrons. The molecule has 5 nitrogen and oxygen atoms in total. The Hall–Kier alpha value is -6.50. The maximum absolute atomic E-state index is 15.3. The van der Waals surface area contributed by atoms with Crippen LogP contribution in [-0.4, -0.2) is 18.7 Å². The molecule has 0 saturated heterocycles. The van der Waals surface area contributed by atoms with Crippen molar-refractivity contribution in [1.82, 2.24) is 0 Å². The van der Waals surface area contributed by atoms with Gasteiger partial charge in [0.05, 0.1) is 7.11 Å². The Morgan fingerprint density at radius 1 is 0.446 bits per heavy atom. The molecule has 6 aromatic rings. The molecule has 0 N–H and O–H groups in total. The summed E-state index contributed by atoms with van der Waals surface area (Å²) in [6.07, 6.45) is 0. The lowest BCUT2D eigenvalue weighted by Gasteiger charge is -2.26. The van der Waals surface area contributed by atoms with E-state index in [1.54, 1.807) is 31.4 Å². The minimum Gasteiger partial charge on any atom is -0.497 e. The van der Waals surface area contributed by atoms with Crippen LogP contribution in [0.2, 0.25) is 0 Å². The molecule has 0 aliphatic rings. The van der Waals surface area contributed by atoms with Crippen LogP contribution in [-0.2, 0) is 5.41 Å². The maximum atomic E-state index is 15.3. The van der Waals surface area contributed by atoms with Gasteiger partial charge in [0, 0.05) is 22.1 Å². The van der Waals surface area contributed by atoms with Gasteiger partial charge in [-0.2, -0.15) is 8.78 Å². The summed E-state index contributed by atoms with van der Waals surface area (Å²) in [5.41, 5.74) is -3.32. The first-order valence-corrected chi connectivity index (χ1v) is 16.6. The number of ether oxygens (including phenoxy) is 3. The Labute approximate surface area is 314 Å². The minimum atomic E-state index is -1.98. The Bertz CT molecular complexity index is 2420. The number of rotatable bonds is 11. The van der Waals surface area contributed by atoms with E-state index < -0.39 is 86.0 Å². The van der Waals surface area contributed by atoms with Crippen LogP contribution in [0.15, 0.2) is 97.1 Å². The molecule has 0 amide bonds. The highest BCUT2D eigenvalue weighted by Gasteiger charge is 2.32. The van der Waals surface area contributed by atoms with Crippen molar-refractivity contribution in [3.05, 3.63) is 183 Å². The summed E-state index contributed by atoms with van der Waals surface area (Å²) in [5, 5.41) is 0. The molecular weight excluding hydrogens is 748 g/mol. The second-order valence-electron chi connectivity index (χ2n) is 13.0. The summed E-state index contributed by atoms with van der Waals surface area (Å²) in [4.78, 5) is 25.8. The van der Waals surface area contributed by atoms with Crippen molar-refractivity contribution in [2.75, 3.05) is 7.11 Å². The third-order valence-electron chi connectivity index (χ3n) is 9.24. The summed E-state index contributed by atoms with van der Waals surface area (Å²) in [6.45, 7) is 4.72. The average Bonchev–Trinajstić information content (AvgIpc) is 3.21. The van der Waals surface area contributed by atoms with Gasteiger partial charge < -0.3 is 14.2 Å². The molecule has 13 heteroatoms. The van der Waals surface area contributed by atoms with Crippen LogP contribution in [0.5, 0.6) is 28.7 Å². The van der Waals surface area contributed by atoms with E-state index in [-0.39, 0.29) is 28.4 Å². The van der Waals surface area contributed by atoms with Crippen LogP contribution >= 0.6 is 0 Å². The molecule has 0 aliphatic heterocycles. The van der Waals surface area contributed by atoms with E-state index in [4.69, 9.17) is 14.2 Å². The fourth-order valence-corrected chi connectivity index (χ4v) is 5.85. The second-order valence-corrected chi connectivity index (χ2v) is 13.0. The third kappa shape index (κ3) is 7.19. The number of ketones is 2. The molecule has 0 saturated carbocycles. The molecular formula is C43H28F8O5. The van der Waals surface area contributed by atoms with Gasteiger partial charge in [-0.1, -0.05) is 38.1 Å². The predicted molar refractivity (Wildman–Crippen MR) is 189 cm³/mol. The number of halogens is 8. The normalized spacial score (nSPS) is 11.4. The summed E-state index contributed by atoms with van der Waals surface area (Å²) >= 11 is 0. The number of carbonyl (C=O) groups excluding carboxylic acids is 2. The average molecular weight is 777 g/mol. The Balaban J connectivity index is 1.16. The Morgan fingerprint density at radius 2 is 0.768 bits per heavy atom. The van der Waals surface area contributed by atoms with E-state index in [0.717, 1.165) is 42.3 Å². The number of methoxy groups -OCH3 is 1. The number of benzene rings is 6. The van der Waals surface area contributed by atoms with E-state index in [1.165, 1.54) is 36.4 Å². The number of carbonyl (C=O) groups is 2. The Kier molecular flexibility index (Phi) is 10.7. The molecule has 0 atom stereocenters. The molecule has 0 heterocycles. The van der Waals surface area contributed by atoms with Crippen LogP contribution in [0, 0.1) is 53.5 Å². The Morgan fingerprint density at radius 3 is 1.14 bits per heavy atom. The summed E-state index contributed by atoms with van der Waals surface area (Å²) in [6, 6.07) is 22.5. The molecule has 0 aliphatic carbocycles. The second kappa shape index (κ2) is 15.3. The fraction of sp³-hybridized carbons (Fsp3) is 0.116. The first kappa shape index (κ1) is 39.2. The molecule has 0 aromatic heterocycles. The number of hydrogen-bond acceptors (Lipinski definition) is 5. The fourth-order valence-electron chi connectivity index (χ4n) is 5.85. The van der Waals surface area contributed by atoms with Crippen LogP contribution in [0.3, 0.4) is 0 Å². The van der Waals surface area contributed by atoms with Gasteiger partial charge in [0.1, 0.15) is 34.1 Å². The molecule has 0 unspecified atom stereocenters. The van der Waals surface area contributed by atoms with Gasteiger partial charge in [-0.05, 0) is 90.8 Å². The van der Waals surface area contributed by atoms with E-state index >= 15 is 17.6 Å². The van der Waals surface area contributed by atoms with Crippen molar-refractivity contribution in [2.24, 2.45) is 0 Å². The molecule has 6 aromatic carbocycles. The minimum absolute atomic E-state index is 0.0425. The third-order valence-corrected chi connectivity index (χ3v) is 9.24. The lowest BCUT2D eigenvalue weighted by atomic mass is 9.78. The van der Waals surface area contributed by atoms with E-state index in [2.05, 4.69) is 0 Å². The van der Waals surface area contributed by atoms with Crippen molar-refractivity contribution in [3.8, 4) is 28.7 Å². The van der Waals surface area contributed by atoms with Gasteiger partial charge in [0.15, 0.2) is 46.5 Å². The smallest absolute Gasteiger partial charge is 0.205 e. The molecule has 0 spiro atoms. The van der Waals surface area contributed by atoms with E-state index in [1.807, 2.05) is 26.0 Å². The molecule has 0 fully saturated rings. The quantitative estimate of drug-likeness (QED) is 0.0745. The van der Waals surface area contributed by atoms with Crippen LogP contribution < -0.4 is 14.2 Å². The molecule has 6 rings (SSSR count). The van der Waals surface area contributed by atoms with E-state index in [0.29, 0.717) is 5.75 Å². The molecule has 0 bridgehead atoms. The highest BCUT2D eigenvalue weighted by molar-refractivity contribution is 6.10. The molecule has 56 heavy (non-hydrogen) atoms. The van der Waals surface area contributed by atoms with Gasteiger partial charge in [0.2, 0.25) is 17.4 Å². The number of hydrogen-bond donors (Lipinski definition) is 0. The van der Waals surface area contributed by atoms with Gasteiger partial charge in [-0.3, -0.25) is 9.59 Å². The first-order valence-electron chi connectivity index (χ1n) is 16.6. The van der Waals surface area contributed by atoms with Gasteiger partial charge in [-0.25, -0.2) is 26.3 Å². The summed E-state index contributed by atoms with van der Waals surface area (Å²) in [5.74, 6) is -18.4. The largest absolute Gasteiger partial charge is 0.497 e. The van der Waals surface area contributed by atoms with Gasteiger partial charge in [-0.15, -0.1) is 0 Å². The maximum Gasteiger partial charge on any atom is 0.205 e. The van der Waals surface area contributed by atoms with Crippen molar-refractivity contribution in [1.29, 1.82) is 0 Å². The monoisotopic (exact) mass is 776 g/mol. The van der Waals surface area contributed by atoms with Gasteiger partial charge in [0.25, 0.3) is 0 Å². The summed E-state index contributed by atoms with van der Waals surface area (Å²) < 4.78 is 134. The lowest BCUT2D eigenvalue weighted by molar-refractivity contribution is 0.102. The predicted octanol–water partition coefficient (Wildman–Crippen LogP) is 11.5. The first-order chi connectivity index (χ1) is 26.5. The van der Waals surface area contributed by atoms with Gasteiger partial charge >= 0.3 is 0 Å². The zero-order valence-corrected chi connectivity index (χ0v) is 29.8. The van der Waals surface area contributed by atoms with E-state index in [9.17, 15) is 27.2 Å².